The van der Waals surface area contributed by atoms with Crippen LogP contribution >= 0.6 is 0 Å². The molecular formula is C41H26IrN2O2-2. The Morgan fingerprint density at radius 3 is 1.87 bits per heavy atom. The van der Waals surface area contributed by atoms with E-state index in [1.165, 1.54) is 5.56 Å². The molecule has 4 aromatic heterocycles. The number of hydrogen-bond donors (Lipinski definition) is 0. The molecule has 46 heavy (non-hydrogen) atoms. The molecule has 0 saturated carbocycles. The zero-order valence-corrected chi connectivity index (χ0v) is 27.2. The molecule has 4 nitrogen and oxygen atoms in total. The molecule has 9 aromatic rings. The van der Waals surface area contributed by atoms with Gasteiger partial charge in [-0.05, 0) is 71.4 Å². The molecule has 0 saturated heterocycles. The third-order valence-corrected chi connectivity index (χ3v) is 7.95. The van der Waals surface area contributed by atoms with Gasteiger partial charge in [0.15, 0.2) is 0 Å². The minimum Gasteiger partial charge on any atom is -0.456 e. The minimum absolute atomic E-state index is 0. The summed E-state index contributed by atoms with van der Waals surface area (Å²) in [6, 6.07) is 48.9. The number of fused-ring (bicyclic) bond motifs is 7. The second kappa shape index (κ2) is 12.6. The first-order valence-electron chi connectivity index (χ1n) is 14.8. The summed E-state index contributed by atoms with van der Waals surface area (Å²) in [5, 5.41) is 4.41. The van der Waals surface area contributed by atoms with Crippen molar-refractivity contribution >= 4 is 43.9 Å². The van der Waals surface area contributed by atoms with Crippen LogP contribution in [0.4, 0.5) is 0 Å². The minimum atomic E-state index is 0. The standard InChI is InChI=1S/C29H16NO2.C12H10N.Ir/c1-2-6-18(7-3-1)23-16-20(14-15-30-23)19-10-11-22-27(17-19)32-26-13-12-25-28(29(22)26)21-8-4-5-9-24(21)31-25;1-10-7-8-12(13-9-10)11-5-3-2-4-6-11;/h1-6,8-17H;2-5,7-9H,1H3;/q2*-1;. The number of nitrogens with zero attached hydrogens (tertiary/aromatic N) is 2. The maximum atomic E-state index is 6.29. The van der Waals surface area contributed by atoms with Crippen LogP contribution in [0.2, 0.25) is 0 Å². The molecule has 0 atom stereocenters. The van der Waals surface area contributed by atoms with Gasteiger partial charge in [0.05, 0.1) is 0 Å². The zero-order valence-electron chi connectivity index (χ0n) is 24.8. The van der Waals surface area contributed by atoms with Crippen molar-refractivity contribution in [2.75, 3.05) is 0 Å². The van der Waals surface area contributed by atoms with Crippen LogP contribution in [0.1, 0.15) is 5.56 Å². The number of rotatable bonds is 3. The van der Waals surface area contributed by atoms with Crippen molar-refractivity contribution in [2.24, 2.45) is 0 Å². The van der Waals surface area contributed by atoms with E-state index >= 15 is 0 Å². The Morgan fingerprint density at radius 1 is 0.522 bits per heavy atom. The normalized spacial score (nSPS) is 11.0. The van der Waals surface area contributed by atoms with Crippen molar-refractivity contribution in [3.05, 3.63) is 157 Å². The van der Waals surface area contributed by atoms with Crippen LogP contribution in [-0.4, -0.2) is 9.97 Å². The molecule has 0 bridgehead atoms. The van der Waals surface area contributed by atoms with Gasteiger partial charge in [0.2, 0.25) is 0 Å². The molecule has 5 aromatic carbocycles. The Morgan fingerprint density at radius 2 is 1.17 bits per heavy atom. The van der Waals surface area contributed by atoms with E-state index < -0.39 is 0 Å². The maximum Gasteiger partial charge on any atom is 0.136 e. The van der Waals surface area contributed by atoms with Crippen LogP contribution in [0.3, 0.4) is 0 Å². The SMILES string of the molecule is Cc1ccc(-c2[c-]cccc2)nc1.[Ir].[c-]1ccccc1-c1cc(-c2ccc3c(c2)oc2ccc4oc5ccccc5c4c23)ccn1. The fourth-order valence-corrected chi connectivity index (χ4v) is 5.75. The Kier molecular flexibility index (Phi) is 8.02. The maximum absolute atomic E-state index is 6.29. The van der Waals surface area contributed by atoms with Crippen LogP contribution in [0.5, 0.6) is 0 Å². The number of furan rings is 2. The molecule has 0 aliphatic heterocycles. The molecule has 0 unspecified atom stereocenters. The fraction of sp³-hybridized carbons (Fsp3) is 0.0244. The van der Waals surface area contributed by atoms with Crippen molar-refractivity contribution in [3.8, 4) is 33.6 Å². The zero-order chi connectivity index (χ0) is 30.2. The first-order valence-corrected chi connectivity index (χ1v) is 14.8. The van der Waals surface area contributed by atoms with E-state index in [-0.39, 0.29) is 20.1 Å². The largest absolute Gasteiger partial charge is 0.456 e. The summed E-state index contributed by atoms with van der Waals surface area (Å²) < 4.78 is 12.4. The first kappa shape index (κ1) is 29.4. The summed E-state index contributed by atoms with van der Waals surface area (Å²) in [6.07, 6.45) is 3.71. The van der Waals surface area contributed by atoms with Gasteiger partial charge >= 0.3 is 0 Å². The summed E-state index contributed by atoms with van der Waals surface area (Å²) in [7, 11) is 0. The van der Waals surface area contributed by atoms with Gasteiger partial charge < -0.3 is 18.8 Å². The molecule has 0 N–H and O–H groups in total. The number of aryl methyl sites for hydroxylation is 1. The van der Waals surface area contributed by atoms with Gasteiger partial charge in [-0.25, -0.2) is 0 Å². The van der Waals surface area contributed by atoms with Crippen LogP contribution in [0.25, 0.3) is 77.5 Å². The van der Waals surface area contributed by atoms with Gasteiger partial charge in [0.25, 0.3) is 0 Å². The molecule has 0 aliphatic carbocycles. The van der Waals surface area contributed by atoms with Gasteiger partial charge in [-0.2, -0.15) is 0 Å². The van der Waals surface area contributed by atoms with Crippen molar-refractivity contribution in [1.82, 2.24) is 9.97 Å². The van der Waals surface area contributed by atoms with Crippen molar-refractivity contribution in [2.45, 2.75) is 6.92 Å². The van der Waals surface area contributed by atoms with Crippen LogP contribution < -0.4 is 0 Å². The van der Waals surface area contributed by atoms with Gasteiger partial charge in [-0.15, -0.1) is 71.8 Å². The second-order valence-electron chi connectivity index (χ2n) is 10.9. The number of benzene rings is 5. The van der Waals surface area contributed by atoms with E-state index in [4.69, 9.17) is 8.83 Å². The molecule has 0 fully saturated rings. The molecule has 0 aliphatic rings. The molecule has 0 amide bonds. The predicted molar refractivity (Wildman–Crippen MR) is 182 cm³/mol. The molecule has 5 heteroatoms. The van der Waals surface area contributed by atoms with Gasteiger partial charge in [0, 0.05) is 54.0 Å². The summed E-state index contributed by atoms with van der Waals surface area (Å²) in [5.41, 5.74) is 10.8. The number of pyridine rings is 2. The smallest absolute Gasteiger partial charge is 0.136 e. The molecule has 223 valence electrons. The van der Waals surface area contributed by atoms with Crippen LogP contribution in [0.15, 0.2) is 149 Å². The topological polar surface area (TPSA) is 52.1 Å². The van der Waals surface area contributed by atoms with Crippen LogP contribution in [0, 0.1) is 19.1 Å². The Balaban J connectivity index is 0.000000204. The first-order chi connectivity index (χ1) is 22.2. The van der Waals surface area contributed by atoms with Crippen LogP contribution in [-0.2, 0) is 20.1 Å². The molecular weight excluding hydrogens is 745 g/mol. The quantitative estimate of drug-likeness (QED) is 0.168. The van der Waals surface area contributed by atoms with Crippen molar-refractivity contribution in [1.29, 1.82) is 0 Å². The molecule has 1 radical (unpaired) electrons. The fourth-order valence-electron chi connectivity index (χ4n) is 5.75. The number of aromatic nitrogens is 2. The third-order valence-electron chi connectivity index (χ3n) is 7.95. The molecule has 4 heterocycles. The van der Waals surface area contributed by atoms with Crippen molar-refractivity contribution < 1.29 is 28.9 Å². The average Bonchev–Trinajstić information content (AvgIpc) is 3.67. The number of para-hydroxylation sites is 1. The summed E-state index contributed by atoms with van der Waals surface area (Å²) in [6.45, 7) is 2.03. The number of hydrogen-bond acceptors (Lipinski definition) is 4. The van der Waals surface area contributed by atoms with E-state index in [2.05, 4.69) is 58.5 Å². The molecule has 9 rings (SSSR count). The van der Waals surface area contributed by atoms with E-state index in [0.717, 1.165) is 77.5 Å². The van der Waals surface area contributed by atoms with Gasteiger partial charge in [-0.3, -0.25) is 0 Å². The third kappa shape index (κ3) is 5.52. The van der Waals surface area contributed by atoms with Crippen molar-refractivity contribution in [3.63, 3.8) is 0 Å². The van der Waals surface area contributed by atoms with Gasteiger partial charge in [0.1, 0.15) is 22.3 Å². The predicted octanol–water partition coefficient (Wildman–Crippen LogP) is 10.9. The van der Waals surface area contributed by atoms with E-state index in [9.17, 15) is 0 Å². The monoisotopic (exact) mass is 771 g/mol. The summed E-state index contributed by atoms with van der Waals surface area (Å²) in [4.78, 5) is 8.84. The van der Waals surface area contributed by atoms with E-state index in [1.54, 1.807) is 0 Å². The Bertz CT molecular complexity index is 2430. The molecule has 0 spiro atoms. The Hall–Kier alpha value is -5.35. The summed E-state index contributed by atoms with van der Waals surface area (Å²) >= 11 is 0. The summed E-state index contributed by atoms with van der Waals surface area (Å²) in [5.74, 6) is 0. The second-order valence-corrected chi connectivity index (χ2v) is 10.9. The van der Waals surface area contributed by atoms with E-state index in [1.807, 2.05) is 110 Å². The Labute approximate surface area is 279 Å². The van der Waals surface area contributed by atoms with Gasteiger partial charge in [-0.1, -0.05) is 42.5 Å². The average molecular weight is 771 g/mol. The van der Waals surface area contributed by atoms with E-state index in [0.29, 0.717) is 0 Å².